The van der Waals surface area contributed by atoms with Crippen molar-refractivity contribution in [3.63, 3.8) is 0 Å². The van der Waals surface area contributed by atoms with Gasteiger partial charge in [0.25, 0.3) is 5.91 Å². The first-order valence-corrected chi connectivity index (χ1v) is 6.44. The Hall–Kier alpha value is -1.46. The molecule has 5 nitrogen and oxygen atoms in total. The zero-order valence-corrected chi connectivity index (χ0v) is 11.8. The van der Waals surface area contributed by atoms with E-state index in [0.717, 1.165) is 0 Å². The van der Waals surface area contributed by atoms with Crippen molar-refractivity contribution in [1.82, 2.24) is 10.6 Å². The van der Waals surface area contributed by atoms with Gasteiger partial charge in [0.2, 0.25) is 5.91 Å². The number of benzene rings is 1. The molecule has 0 radical (unpaired) electrons. The van der Waals surface area contributed by atoms with Gasteiger partial charge in [-0.2, -0.15) is 0 Å². The van der Waals surface area contributed by atoms with Gasteiger partial charge in [-0.15, -0.1) is 11.6 Å². The summed E-state index contributed by atoms with van der Waals surface area (Å²) in [5.41, 5.74) is 0.346. The van der Waals surface area contributed by atoms with E-state index in [2.05, 4.69) is 10.6 Å². The van der Waals surface area contributed by atoms with Gasteiger partial charge >= 0.3 is 0 Å². The summed E-state index contributed by atoms with van der Waals surface area (Å²) < 4.78 is 5.08. The van der Waals surface area contributed by atoms with E-state index in [-0.39, 0.29) is 24.2 Å². The zero-order valence-electron chi connectivity index (χ0n) is 10.3. The molecular formula is C12H14Cl2N2O3. The Morgan fingerprint density at radius 3 is 2.58 bits per heavy atom. The van der Waals surface area contributed by atoms with Gasteiger partial charge in [-0.05, 0) is 18.2 Å². The van der Waals surface area contributed by atoms with E-state index >= 15 is 0 Å². The Balaban J connectivity index is 2.54. The Morgan fingerprint density at radius 1 is 1.26 bits per heavy atom. The smallest absolute Gasteiger partial charge is 0.255 e. The third kappa shape index (κ3) is 4.96. The number of halogens is 2. The molecule has 104 valence electrons. The predicted octanol–water partition coefficient (Wildman–Crippen LogP) is 1.43. The molecule has 2 N–H and O–H groups in total. The summed E-state index contributed by atoms with van der Waals surface area (Å²) >= 11 is 11.1. The lowest BCUT2D eigenvalue weighted by molar-refractivity contribution is -0.118. The van der Waals surface area contributed by atoms with E-state index in [0.29, 0.717) is 22.9 Å². The first-order valence-electron chi connectivity index (χ1n) is 5.53. The summed E-state index contributed by atoms with van der Waals surface area (Å²) in [6.07, 6.45) is 0. The van der Waals surface area contributed by atoms with Crippen LogP contribution in [-0.4, -0.2) is 37.9 Å². The second kappa shape index (κ2) is 7.86. The van der Waals surface area contributed by atoms with Gasteiger partial charge in [0.1, 0.15) is 11.6 Å². The van der Waals surface area contributed by atoms with Crippen molar-refractivity contribution in [2.45, 2.75) is 0 Å². The molecule has 0 saturated heterocycles. The number of methoxy groups -OCH3 is 1. The maximum absolute atomic E-state index is 11.9. The van der Waals surface area contributed by atoms with Crippen LogP contribution in [0.2, 0.25) is 5.02 Å². The predicted molar refractivity (Wildman–Crippen MR) is 74.1 cm³/mol. The molecular weight excluding hydrogens is 291 g/mol. The summed E-state index contributed by atoms with van der Waals surface area (Å²) in [5, 5.41) is 5.63. The molecule has 0 aliphatic carbocycles. The van der Waals surface area contributed by atoms with Crippen LogP contribution >= 0.6 is 23.2 Å². The molecule has 0 spiro atoms. The quantitative estimate of drug-likeness (QED) is 0.617. The lowest BCUT2D eigenvalue weighted by Crippen LogP contribution is -2.35. The van der Waals surface area contributed by atoms with Gasteiger partial charge in [0, 0.05) is 18.1 Å². The highest BCUT2D eigenvalue weighted by Gasteiger charge is 2.12. The molecule has 0 fully saturated rings. The third-order valence-electron chi connectivity index (χ3n) is 2.26. The van der Waals surface area contributed by atoms with Crippen molar-refractivity contribution < 1.29 is 14.3 Å². The molecule has 0 saturated carbocycles. The Labute approximate surface area is 121 Å². The molecule has 7 heteroatoms. The monoisotopic (exact) mass is 304 g/mol. The normalized spacial score (nSPS) is 9.84. The van der Waals surface area contributed by atoms with Crippen LogP contribution in [0.3, 0.4) is 0 Å². The first-order chi connectivity index (χ1) is 9.08. The third-order valence-corrected chi connectivity index (χ3v) is 2.74. The molecule has 0 heterocycles. The number of ether oxygens (including phenoxy) is 1. The molecule has 1 rings (SSSR count). The number of alkyl halides is 1. The Morgan fingerprint density at radius 2 is 1.95 bits per heavy atom. The highest BCUT2D eigenvalue weighted by atomic mass is 35.5. The second-order valence-electron chi connectivity index (χ2n) is 3.58. The first kappa shape index (κ1) is 15.6. The highest BCUT2D eigenvalue weighted by Crippen LogP contribution is 2.22. The average molecular weight is 305 g/mol. The van der Waals surface area contributed by atoms with Crippen molar-refractivity contribution in [3.05, 3.63) is 28.8 Å². The Bertz CT molecular complexity index is 466. The standard InChI is InChI=1S/C12H14Cl2N2O3/c1-19-10-3-2-8(14)6-9(10)12(18)16-5-4-15-11(17)7-13/h2-3,6H,4-5,7H2,1H3,(H,15,17)(H,16,18). The SMILES string of the molecule is COc1ccc(Cl)cc1C(=O)NCCNC(=O)CCl. The van der Waals surface area contributed by atoms with Gasteiger partial charge in [-0.1, -0.05) is 11.6 Å². The van der Waals surface area contributed by atoms with E-state index in [1.165, 1.54) is 13.2 Å². The van der Waals surface area contributed by atoms with Gasteiger partial charge in [0.05, 0.1) is 12.7 Å². The average Bonchev–Trinajstić information content (AvgIpc) is 2.42. The van der Waals surface area contributed by atoms with Crippen molar-refractivity contribution in [2.75, 3.05) is 26.1 Å². The van der Waals surface area contributed by atoms with Gasteiger partial charge in [-0.3, -0.25) is 9.59 Å². The number of rotatable bonds is 6. The van der Waals surface area contributed by atoms with Crippen molar-refractivity contribution in [1.29, 1.82) is 0 Å². The van der Waals surface area contributed by atoms with E-state index in [1.807, 2.05) is 0 Å². The highest BCUT2D eigenvalue weighted by molar-refractivity contribution is 6.31. The number of hydrogen-bond acceptors (Lipinski definition) is 3. The van der Waals surface area contributed by atoms with Crippen LogP contribution < -0.4 is 15.4 Å². The number of nitrogens with one attached hydrogen (secondary N) is 2. The number of hydrogen-bond donors (Lipinski definition) is 2. The molecule has 0 aliphatic rings. The zero-order chi connectivity index (χ0) is 14.3. The lowest BCUT2D eigenvalue weighted by Gasteiger charge is -2.10. The molecule has 1 aromatic carbocycles. The summed E-state index contributed by atoms with van der Waals surface area (Å²) in [5.74, 6) is -0.266. The minimum absolute atomic E-state index is 0.101. The molecule has 0 atom stereocenters. The van der Waals surface area contributed by atoms with Crippen LogP contribution in [0.4, 0.5) is 0 Å². The number of carbonyl (C=O) groups is 2. The molecule has 0 aromatic heterocycles. The minimum Gasteiger partial charge on any atom is -0.496 e. The molecule has 1 aromatic rings. The van der Waals surface area contributed by atoms with Crippen LogP contribution in [-0.2, 0) is 4.79 Å². The molecule has 19 heavy (non-hydrogen) atoms. The van der Waals surface area contributed by atoms with E-state index in [4.69, 9.17) is 27.9 Å². The second-order valence-corrected chi connectivity index (χ2v) is 4.29. The van der Waals surface area contributed by atoms with E-state index in [1.54, 1.807) is 12.1 Å². The maximum atomic E-state index is 11.9. The molecule has 0 bridgehead atoms. The van der Waals surface area contributed by atoms with Crippen molar-refractivity contribution in [3.8, 4) is 5.75 Å². The summed E-state index contributed by atoms with van der Waals surface area (Å²) in [6.45, 7) is 0.595. The van der Waals surface area contributed by atoms with Crippen molar-refractivity contribution in [2.24, 2.45) is 0 Å². The molecule has 0 unspecified atom stereocenters. The summed E-state index contributed by atoms with van der Waals surface area (Å²) in [7, 11) is 1.47. The largest absolute Gasteiger partial charge is 0.496 e. The van der Waals surface area contributed by atoms with Crippen molar-refractivity contribution >= 4 is 35.0 Å². The number of amides is 2. The van der Waals surface area contributed by atoms with Crippen LogP contribution in [0.15, 0.2) is 18.2 Å². The topological polar surface area (TPSA) is 67.4 Å². The van der Waals surface area contributed by atoms with Crippen LogP contribution in [0.25, 0.3) is 0 Å². The van der Waals surface area contributed by atoms with Gasteiger partial charge < -0.3 is 15.4 Å². The molecule has 0 aliphatic heterocycles. The Kier molecular flexibility index (Phi) is 6.45. The van der Waals surface area contributed by atoms with Crippen LogP contribution in [0.5, 0.6) is 5.75 Å². The number of carbonyl (C=O) groups excluding carboxylic acids is 2. The fourth-order valence-corrected chi connectivity index (χ4v) is 1.64. The fraction of sp³-hybridized carbons (Fsp3) is 0.333. The summed E-state index contributed by atoms with van der Waals surface area (Å²) in [4.78, 5) is 22.8. The van der Waals surface area contributed by atoms with Gasteiger partial charge in [-0.25, -0.2) is 0 Å². The molecule has 2 amide bonds. The fourth-order valence-electron chi connectivity index (χ4n) is 1.38. The van der Waals surface area contributed by atoms with E-state index in [9.17, 15) is 9.59 Å². The minimum atomic E-state index is -0.320. The van der Waals surface area contributed by atoms with Crippen LogP contribution in [0, 0.1) is 0 Å². The van der Waals surface area contributed by atoms with E-state index < -0.39 is 0 Å². The summed E-state index contributed by atoms with van der Waals surface area (Å²) in [6, 6.07) is 4.78. The van der Waals surface area contributed by atoms with Gasteiger partial charge in [0.15, 0.2) is 0 Å². The maximum Gasteiger partial charge on any atom is 0.255 e. The van der Waals surface area contributed by atoms with Crippen LogP contribution in [0.1, 0.15) is 10.4 Å². The lowest BCUT2D eigenvalue weighted by atomic mass is 10.2.